The molecule has 0 aromatic carbocycles. The smallest absolute Gasteiger partial charge is 0.306 e. The predicted molar refractivity (Wildman–Crippen MR) is 214 cm³/mol. The van der Waals surface area contributed by atoms with Crippen LogP contribution in [0.3, 0.4) is 0 Å². The Morgan fingerprint density at radius 2 is 0.820 bits per heavy atom. The highest BCUT2D eigenvalue weighted by Crippen LogP contribution is 2.13. The number of carbonyl (C=O) groups excluding carboxylic acids is 2. The third-order valence-electron chi connectivity index (χ3n) is 8.78. The molecule has 0 spiro atoms. The first-order chi connectivity index (χ1) is 24.6. The molecule has 5 heteroatoms. The molecule has 1 atom stereocenters. The molecular formula is C45H78O5. The normalized spacial score (nSPS) is 12.8. The first-order valence-corrected chi connectivity index (χ1v) is 20.8. The average Bonchev–Trinajstić information content (AvgIpc) is 3.12. The van der Waals surface area contributed by atoms with E-state index in [4.69, 9.17) is 9.47 Å². The molecule has 1 unspecified atom stereocenters. The second-order valence-electron chi connectivity index (χ2n) is 13.7. The highest BCUT2D eigenvalue weighted by Gasteiger charge is 2.15. The fraction of sp³-hybridized carbons (Fsp3) is 0.733. The maximum Gasteiger partial charge on any atom is 0.306 e. The summed E-state index contributed by atoms with van der Waals surface area (Å²) in [5, 5.41) is 9.56. The van der Waals surface area contributed by atoms with E-state index in [-0.39, 0.29) is 31.6 Å². The molecule has 0 aliphatic rings. The summed E-state index contributed by atoms with van der Waals surface area (Å²) in [6, 6.07) is 0. The molecule has 0 aliphatic heterocycles. The third-order valence-corrected chi connectivity index (χ3v) is 8.78. The molecular weight excluding hydrogens is 620 g/mol. The van der Waals surface area contributed by atoms with Crippen molar-refractivity contribution in [2.75, 3.05) is 13.2 Å². The lowest BCUT2D eigenvalue weighted by atomic mass is 10.1. The molecule has 0 saturated carbocycles. The van der Waals surface area contributed by atoms with Crippen LogP contribution in [0.4, 0.5) is 0 Å². The molecule has 0 fully saturated rings. The van der Waals surface area contributed by atoms with Crippen molar-refractivity contribution in [2.45, 2.75) is 200 Å². The van der Waals surface area contributed by atoms with Crippen LogP contribution in [-0.2, 0) is 19.1 Å². The molecule has 0 amide bonds. The van der Waals surface area contributed by atoms with Gasteiger partial charge < -0.3 is 14.6 Å². The van der Waals surface area contributed by atoms with Crippen LogP contribution in [0.2, 0.25) is 0 Å². The zero-order chi connectivity index (χ0) is 36.4. The number of aliphatic hydroxyl groups excluding tert-OH is 1. The van der Waals surface area contributed by atoms with Crippen molar-refractivity contribution in [1.29, 1.82) is 0 Å². The van der Waals surface area contributed by atoms with Gasteiger partial charge in [-0.25, -0.2) is 0 Å². The molecule has 0 saturated heterocycles. The maximum atomic E-state index is 12.2. The lowest BCUT2D eigenvalue weighted by Gasteiger charge is -2.15. The van der Waals surface area contributed by atoms with Gasteiger partial charge in [-0.2, -0.15) is 0 Å². The number of esters is 2. The lowest BCUT2D eigenvalue weighted by molar-refractivity contribution is -0.161. The van der Waals surface area contributed by atoms with E-state index in [2.05, 4.69) is 74.6 Å². The molecule has 0 aromatic heterocycles. The lowest BCUT2D eigenvalue weighted by Crippen LogP contribution is -2.28. The molecule has 0 heterocycles. The molecule has 0 bridgehead atoms. The quantitative estimate of drug-likeness (QED) is 0.0397. The maximum absolute atomic E-state index is 12.2. The van der Waals surface area contributed by atoms with Crippen molar-refractivity contribution in [3.8, 4) is 0 Å². The second-order valence-corrected chi connectivity index (χ2v) is 13.7. The van der Waals surface area contributed by atoms with Crippen molar-refractivity contribution in [3.05, 3.63) is 60.8 Å². The van der Waals surface area contributed by atoms with Gasteiger partial charge in [-0.1, -0.05) is 164 Å². The van der Waals surface area contributed by atoms with Gasteiger partial charge in [0.05, 0.1) is 6.61 Å². The second kappa shape index (κ2) is 41.0. The van der Waals surface area contributed by atoms with Gasteiger partial charge in [0.2, 0.25) is 0 Å². The van der Waals surface area contributed by atoms with E-state index in [9.17, 15) is 14.7 Å². The number of rotatable bonds is 37. The van der Waals surface area contributed by atoms with E-state index in [0.717, 1.165) is 44.9 Å². The van der Waals surface area contributed by atoms with Crippen LogP contribution in [0.25, 0.3) is 0 Å². The summed E-state index contributed by atoms with van der Waals surface area (Å²) in [4.78, 5) is 24.3. The molecule has 0 aliphatic carbocycles. The first kappa shape index (κ1) is 47.6. The SMILES string of the molecule is CCCCCC=CCC=CCC=CCC=CCCCC(=O)OC(CO)COC(=O)CCCCCCCCCCCC=CCCCCCCCC. The minimum absolute atomic E-state index is 0.0901. The Labute approximate surface area is 309 Å². The van der Waals surface area contributed by atoms with Gasteiger partial charge in [0, 0.05) is 12.8 Å². The Bertz CT molecular complexity index is 884. The highest BCUT2D eigenvalue weighted by molar-refractivity contribution is 5.70. The average molecular weight is 699 g/mol. The minimum atomic E-state index is -0.802. The number of unbranched alkanes of at least 4 members (excludes halogenated alkanes) is 19. The van der Waals surface area contributed by atoms with Crippen molar-refractivity contribution in [1.82, 2.24) is 0 Å². The molecule has 0 radical (unpaired) electrons. The van der Waals surface area contributed by atoms with E-state index >= 15 is 0 Å². The highest BCUT2D eigenvalue weighted by atomic mass is 16.6. The van der Waals surface area contributed by atoms with Gasteiger partial charge in [0.25, 0.3) is 0 Å². The summed E-state index contributed by atoms with van der Waals surface area (Å²) in [6.45, 7) is 4.06. The monoisotopic (exact) mass is 699 g/mol. The largest absolute Gasteiger partial charge is 0.462 e. The number of carbonyl (C=O) groups is 2. The summed E-state index contributed by atoms with van der Waals surface area (Å²) in [7, 11) is 0. The molecule has 50 heavy (non-hydrogen) atoms. The third kappa shape index (κ3) is 38.4. The van der Waals surface area contributed by atoms with E-state index in [0.29, 0.717) is 12.8 Å². The van der Waals surface area contributed by atoms with E-state index in [1.165, 1.54) is 116 Å². The van der Waals surface area contributed by atoms with Crippen molar-refractivity contribution >= 4 is 11.9 Å². The van der Waals surface area contributed by atoms with Crippen molar-refractivity contribution < 1.29 is 24.2 Å². The topological polar surface area (TPSA) is 72.8 Å². The Balaban J connectivity index is 3.63. The summed E-state index contributed by atoms with van der Waals surface area (Å²) in [5.74, 6) is -0.660. The fourth-order valence-electron chi connectivity index (χ4n) is 5.60. The zero-order valence-corrected chi connectivity index (χ0v) is 32.6. The van der Waals surface area contributed by atoms with Crippen molar-refractivity contribution in [3.63, 3.8) is 0 Å². The van der Waals surface area contributed by atoms with E-state index in [1.54, 1.807) is 0 Å². The number of ether oxygens (including phenoxy) is 2. The van der Waals surface area contributed by atoms with Gasteiger partial charge in [0.15, 0.2) is 6.10 Å². The van der Waals surface area contributed by atoms with Gasteiger partial charge in [0.1, 0.15) is 6.61 Å². The van der Waals surface area contributed by atoms with Crippen molar-refractivity contribution in [2.24, 2.45) is 0 Å². The Kier molecular flexibility index (Phi) is 39.1. The van der Waals surface area contributed by atoms with Gasteiger partial charge >= 0.3 is 11.9 Å². The predicted octanol–water partition coefficient (Wildman–Crippen LogP) is 13.2. The molecule has 5 nitrogen and oxygen atoms in total. The first-order valence-electron chi connectivity index (χ1n) is 20.8. The van der Waals surface area contributed by atoms with Crippen LogP contribution in [0.15, 0.2) is 60.8 Å². The van der Waals surface area contributed by atoms with Crippen LogP contribution in [-0.4, -0.2) is 36.4 Å². The summed E-state index contributed by atoms with van der Waals surface area (Å²) >= 11 is 0. The summed E-state index contributed by atoms with van der Waals surface area (Å²) in [5.41, 5.74) is 0. The van der Waals surface area contributed by atoms with Gasteiger partial charge in [-0.3, -0.25) is 9.59 Å². The van der Waals surface area contributed by atoms with Crippen LogP contribution in [0.5, 0.6) is 0 Å². The van der Waals surface area contributed by atoms with Gasteiger partial charge in [-0.05, 0) is 77.0 Å². The summed E-state index contributed by atoms with van der Waals surface area (Å²) in [6.07, 6.45) is 52.9. The van der Waals surface area contributed by atoms with Crippen LogP contribution in [0.1, 0.15) is 194 Å². The van der Waals surface area contributed by atoms with Crippen LogP contribution in [0, 0.1) is 0 Å². The molecule has 0 aromatic rings. The number of hydrogen-bond acceptors (Lipinski definition) is 5. The Hall–Kier alpha value is -2.40. The zero-order valence-electron chi connectivity index (χ0n) is 32.6. The Morgan fingerprint density at radius 1 is 0.460 bits per heavy atom. The minimum Gasteiger partial charge on any atom is -0.462 e. The number of hydrogen-bond donors (Lipinski definition) is 1. The Morgan fingerprint density at radius 3 is 1.32 bits per heavy atom. The number of aliphatic hydroxyl groups is 1. The van der Waals surface area contributed by atoms with E-state index < -0.39 is 6.10 Å². The number of allylic oxidation sites excluding steroid dienone is 10. The molecule has 1 N–H and O–H groups in total. The molecule has 0 rings (SSSR count). The van der Waals surface area contributed by atoms with Crippen LogP contribution < -0.4 is 0 Å². The molecule has 288 valence electrons. The van der Waals surface area contributed by atoms with Gasteiger partial charge in [-0.15, -0.1) is 0 Å². The van der Waals surface area contributed by atoms with Crippen LogP contribution >= 0.6 is 0 Å². The van der Waals surface area contributed by atoms with E-state index in [1.807, 2.05) is 0 Å². The standard InChI is InChI=1S/C45H78O5/c1-3-5-7-9-11-13-15-17-19-21-22-24-25-27-29-31-33-35-37-39-44(47)49-42-43(41-46)50-45(48)40-38-36-34-32-30-28-26-23-20-18-16-14-12-10-8-6-4-2/h12,14,17-20,26,28,32,34,43,46H,3-11,13,15-16,21-25,27,29-31,33,35-42H2,1-2H3. The summed E-state index contributed by atoms with van der Waals surface area (Å²) < 4.78 is 10.6. The fourth-order valence-corrected chi connectivity index (χ4v) is 5.60.